The van der Waals surface area contributed by atoms with Crippen molar-refractivity contribution in [1.82, 2.24) is 10.3 Å². The van der Waals surface area contributed by atoms with E-state index in [-0.39, 0.29) is 0 Å². The Morgan fingerprint density at radius 2 is 2.44 bits per heavy atom. The van der Waals surface area contributed by atoms with Gasteiger partial charge in [-0.1, -0.05) is 13.8 Å². The van der Waals surface area contributed by atoms with Gasteiger partial charge in [0.05, 0.1) is 11.9 Å². The first-order chi connectivity index (χ1) is 8.81. The molecule has 2 rings (SSSR count). The first-order valence-corrected chi connectivity index (χ1v) is 7.86. The van der Waals surface area contributed by atoms with Crippen LogP contribution in [0.2, 0.25) is 0 Å². The third-order valence-electron chi connectivity index (χ3n) is 3.21. The first-order valence-electron chi connectivity index (χ1n) is 6.81. The molecule has 0 radical (unpaired) electrons. The highest BCUT2D eigenvalue weighted by Crippen LogP contribution is 2.25. The van der Waals surface area contributed by atoms with E-state index in [0.29, 0.717) is 0 Å². The van der Waals surface area contributed by atoms with Gasteiger partial charge in [0.25, 0.3) is 0 Å². The summed E-state index contributed by atoms with van der Waals surface area (Å²) in [5.41, 5.74) is 2.69. The number of thioether (sulfide) groups is 1. The third-order valence-corrected chi connectivity index (χ3v) is 4.35. The van der Waals surface area contributed by atoms with E-state index in [2.05, 4.69) is 46.9 Å². The number of aromatic nitrogens is 1. The maximum Gasteiger partial charge on any atom is 0.0598 e. The van der Waals surface area contributed by atoms with Gasteiger partial charge in [-0.15, -0.1) is 0 Å². The molecule has 1 aliphatic heterocycles. The van der Waals surface area contributed by atoms with Crippen molar-refractivity contribution in [1.29, 1.82) is 0 Å². The molecule has 2 heterocycles. The van der Waals surface area contributed by atoms with Crippen LogP contribution in [0, 0.1) is 0 Å². The average Bonchev–Trinajstić information content (AvgIpc) is 2.40. The Morgan fingerprint density at radius 1 is 1.56 bits per heavy atom. The summed E-state index contributed by atoms with van der Waals surface area (Å²) in [5, 5.41) is 4.20. The van der Waals surface area contributed by atoms with Gasteiger partial charge in [0.1, 0.15) is 0 Å². The molecule has 1 saturated heterocycles. The Kier molecular flexibility index (Phi) is 5.32. The average molecular weight is 265 g/mol. The second-order valence-corrected chi connectivity index (χ2v) is 6.35. The Bertz CT molecular complexity index is 370. The molecule has 100 valence electrons. The van der Waals surface area contributed by atoms with E-state index in [1.807, 2.05) is 12.4 Å². The van der Waals surface area contributed by atoms with Gasteiger partial charge in [0.2, 0.25) is 0 Å². The van der Waals surface area contributed by atoms with E-state index >= 15 is 0 Å². The highest BCUT2D eigenvalue weighted by atomic mass is 32.2. The van der Waals surface area contributed by atoms with Crippen molar-refractivity contribution in [2.75, 3.05) is 30.3 Å². The SMILES string of the molecule is CCCNCc1ccncc1N1CCSC(C)C1. The largest absolute Gasteiger partial charge is 0.368 e. The van der Waals surface area contributed by atoms with Crippen molar-refractivity contribution in [3.05, 3.63) is 24.0 Å². The molecule has 1 N–H and O–H groups in total. The van der Waals surface area contributed by atoms with Gasteiger partial charge in [-0.3, -0.25) is 4.98 Å². The second-order valence-electron chi connectivity index (χ2n) is 4.81. The number of nitrogens with zero attached hydrogens (tertiary/aromatic N) is 2. The zero-order valence-electron chi connectivity index (χ0n) is 11.4. The molecule has 0 amide bonds. The van der Waals surface area contributed by atoms with Crippen molar-refractivity contribution in [2.45, 2.75) is 32.1 Å². The van der Waals surface area contributed by atoms with E-state index in [1.54, 1.807) is 0 Å². The number of nitrogens with one attached hydrogen (secondary N) is 1. The molecule has 1 aliphatic rings. The predicted molar refractivity (Wildman–Crippen MR) is 80.4 cm³/mol. The van der Waals surface area contributed by atoms with Crippen LogP contribution in [0.3, 0.4) is 0 Å². The maximum absolute atomic E-state index is 4.30. The Labute approximate surface area is 114 Å². The summed E-state index contributed by atoms with van der Waals surface area (Å²) in [6, 6.07) is 2.14. The van der Waals surface area contributed by atoms with E-state index < -0.39 is 0 Å². The summed E-state index contributed by atoms with van der Waals surface area (Å²) < 4.78 is 0. The summed E-state index contributed by atoms with van der Waals surface area (Å²) >= 11 is 2.07. The minimum Gasteiger partial charge on any atom is -0.368 e. The number of anilines is 1. The molecule has 1 aromatic heterocycles. The van der Waals surface area contributed by atoms with Crippen LogP contribution < -0.4 is 10.2 Å². The van der Waals surface area contributed by atoms with Gasteiger partial charge in [0.15, 0.2) is 0 Å². The number of pyridine rings is 1. The summed E-state index contributed by atoms with van der Waals surface area (Å²) in [6.07, 6.45) is 5.10. The fourth-order valence-electron chi connectivity index (χ4n) is 2.29. The lowest BCUT2D eigenvalue weighted by Gasteiger charge is -2.33. The van der Waals surface area contributed by atoms with Gasteiger partial charge in [-0.2, -0.15) is 11.8 Å². The quantitative estimate of drug-likeness (QED) is 0.828. The van der Waals surface area contributed by atoms with Crippen LogP contribution in [0.25, 0.3) is 0 Å². The van der Waals surface area contributed by atoms with Crippen molar-refractivity contribution in [3.8, 4) is 0 Å². The van der Waals surface area contributed by atoms with Crippen molar-refractivity contribution in [2.24, 2.45) is 0 Å². The Hall–Kier alpha value is -0.740. The van der Waals surface area contributed by atoms with Crippen LogP contribution in [0.5, 0.6) is 0 Å². The van der Waals surface area contributed by atoms with E-state index in [0.717, 1.165) is 31.4 Å². The number of hydrogen-bond donors (Lipinski definition) is 1. The zero-order chi connectivity index (χ0) is 12.8. The molecular formula is C14H23N3S. The van der Waals surface area contributed by atoms with E-state index in [1.165, 1.54) is 23.4 Å². The Morgan fingerprint density at radius 3 is 3.22 bits per heavy atom. The molecule has 1 atom stereocenters. The van der Waals surface area contributed by atoms with Crippen LogP contribution in [0.1, 0.15) is 25.8 Å². The summed E-state index contributed by atoms with van der Waals surface area (Å²) in [5.74, 6) is 1.22. The van der Waals surface area contributed by atoms with Gasteiger partial charge in [0, 0.05) is 36.8 Å². The van der Waals surface area contributed by atoms with Crippen LogP contribution in [0.4, 0.5) is 5.69 Å². The maximum atomic E-state index is 4.30. The van der Waals surface area contributed by atoms with Crippen molar-refractivity contribution >= 4 is 17.4 Å². The van der Waals surface area contributed by atoms with Crippen LogP contribution in [-0.2, 0) is 6.54 Å². The van der Waals surface area contributed by atoms with Gasteiger partial charge < -0.3 is 10.2 Å². The zero-order valence-corrected chi connectivity index (χ0v) is 12.2. The molecule has 1 fully saturated rings. The lowest BCUT2D eigenvalue weighted by molar-refractivity contribution is 0.670. The molecule has 4 heteroatoms. The summed E-state index contributed by atoms with van der Waals surface area (Å²) in [4.78, 5) is 6.78. The molecule has 1 aromatic rings. The molecule has 0 saturated carbocycles. The topological polar surface area (TPSA) is 28.2 Å². The normalized spacial score (nSPS) is 20.1. The third kappa shape index (κ3) is 3.62. The molecule has 0 spiro atoms. The van der Waals surface area contributed by atoms with Crippen LogP contribution in [0.15, 0.2) is 18.5 Å². The highest BCUT2D eigenvalue weighted by Gasteiger charge is 2.19. The molecule has 0 aromatic carbocycles. The first kappa shape index (κ1) is 13.7. The fraction of sp³-hybridized carbons (Fsp3) is 0.643. The van der Waals surface area contributed by atoms with Crippen LogP contribution in [-0.4, -0.2) is 35.6 Å². The predicted octanol–water partition coefficient (Wildman–Crippen LogP) is 2.52. The van der Waals surface area contributed by atoms with Crippen molar-refractivity contribution < 1.29 is 0 Å². The van der Waals surface area contributed by atoms with E-state index in [9.17, 15) is 0 Å². The molecule has 0 aliphatic carbocycles. The van der Waals surface area contributed by atoms with E-state index in [4.69, 9.17) is 0 Å². The fourth-order valence-corrected chi connectivity index (χ4v) is 3.30. The lowest BCUT2D eigenvalue weighted by atomic mass is 10.2. The van der Waals surface area contributed by atoms with Gasteiger partial charge in [-0.05, 0) is 24.6 Å². The summed E-state index contributed by atoms with van der Waals surface area (Å²) in [7, 11) is 0. The molecule has 3 nitrogen and oxygen atoms in total. The molecule has 18 heavy (non-hydrogen) atoms. The highest BCUT2D eigenvalue weighted by molar-refractivity contribution is 8.00. The number of hydrogen-bond acceptors (Lipinski definition) is 4. The standard InChI is InChI=1S/C14H23N3S/c1-3-5-15-9-13-4-6-16-10-14(13)17-7-8-18-12(2)11-17/h4,6,10,12,15H,3,5,7-9,11H2,1-2H3. The number of rotatable bonds is 5. The monoisotopic (exact) mass is 265 g/mol. The van der Waals surface area contributed by atoms with Gasteiger partial charge >= 0.3 is 0 Å². The minimum absolute atomic E-state index is 0.718. The van der Waals surface area contributed by atoms with Crippen LogP contribution >= 0.6 is 11.8 Å². The lowest BCUT2D eigenvalue weighted by Crippen LogP contribution is -2.37. The minimum atomic E-state index is 0.718. The molecular weight excluding hydrogens is 242 g/mol. The molecule has 1 unspecified atom stereocenters. The smallest absolute Gasteiger partial charge is 0.0598 e. The second kappa shape index (κ2) is 7.00. The van der Waals surface area contributed by atoms with Gasteiger partial charge in [-0.25, -0.2) is 0 Å². The summed E-state index contributed by atoms with van der Waals surface area (Å²) in [6.45, 7) is 8.81. The van der Waals surface area contributed by atoms with Crippen molar-refractivity contribution in [3.63, 3.8) is 0 Å². The molecule has 0 bridgehead atoms. The Balaban J connectivity index is 2.06.